The van der Waals surface area contributed by atoms with Crippen LogP contribution in [0.4, 0.5) is 13.2 Å². The molecule has 2 N–H and O–H groups in total. The number of aromatic hydroxyl groups is 2. The van der Waals surface area contributed by atoms with E-state index in [1.807, 2.05) is 0 Å². The van der Waals surface area contributed by atoms with Crippen molar-refractivity contribution in [3.8, 4) is 11.5 Å². The van der Waals surface area contributed by atoms with E-state index in [0.29, 0.717) is 12.8 Å². The molecule has 1 aromatic carbocycles. The Bertz CT molecular complexity index is 653. The van der Waals surface area contributed by atoms with E-state index in [9.17, 15) is 28.2 Å². The molecule has 0 atom stereocenters. The van der Waals surface area contributed by atoms with Gasteiger partial charge in [-0.2, -0.15) is 13.2 Å². The summed E-state index contributed by atoms with van der Waals surface area (Å²) in [4.78, 5) is 11.6. The summed E-state index contributed by atoms with van der Waals surface area (Å²) in [6.45, 7) is 0. The topological polar surface area (TPSA) is 66.8 Å². The van der Waals surface area contributed by atoms with Crippen LogP contribution in [-0.2, 0) is 15.7 Å². The highest BCUT2D eigenvalue weighted by atomic mass is 79.9. The zero-order chi connectivity index (χ0) is 18.2. The Balaban J connectivity index is 2.46. The molecule has 0 heterocycles. The van der Waals surface area contributed by atoms with Crippen LogP contribution in [0.15, 0.2) is 8.95 Å². The third-order valence-corrected chi connectivity index (χ3v) is 6.40. The zero-order valence-electron chi connectivity index (χ0n) is 12.6. The van der Waals surface area contributed by atoms with Gasteiger partial charge in [-0.05, 0) is 63.5 Å². The van der Waals surface area contributed by atoms with E-state index < -0.39 is 29.2 Å². The highest BCUT2D eigenvalue weighted by molar-refractivity contribution is 9.13. The molecule has 0 saturated heterocycles. The lowest BCUT2D eigenvalue weighted by molar-refractivity contribution is -0.147. The number of hydrogen-bond acceptors (Lipinski definition) is 4. The van der Waals surface area contributed by atoms with E-state index in [2.05, 4.69) is 36.6 Å². The van der Waals surface area contributed by atoms with Gasteiger partial charge in [-0.3, -0.25) is 4.79 Å². The number of benzene rings is 1. The number of halogens is 5. The maximum atomic E-state index is 13.4. The lowest BCUT2D eigenvalue weighted by Crippen LogP contribution is -2.23. The Kier molecular flexibility index (Phi) is 5.74. The van der Waals surface area contributed by atoms with Crippen molar-refractivity contribution in [2.45, 2.75) is 37.8 Å². The predicted molar refractivity (Wildman–Crippen MR) is 86.9 cm³/mol. The minimum Gasteiger partial charge on any atom is -0.506 e. The Morgan fingerprint density at radius 2 is 1.58 bits per heavy atom. The van der Waals surface area contributed by atoms with Crippen LogP contribution in [0.1, 0.15) is 42.7 Å². The summed E-state index contributed by atoms with van der Waals surface area (Å²) < 4.78 is 44.7. The van der Waals surface area contributed by atoms with Gasteiger partial charge >= 0.3 is 12.1 Å². The molecule has 0 radical (unpaired) electrons. The second kappa shape index (κ2) is 7.11. The average Bonchev–Trinajstić information content (AvgIpc) is 2.54. The van der Waals surface area contributed by atoms with Crippen molar-refractivity contribution < 1.29 is 32.9 Å². The lowest BCUT2D eigenvalue weighted by atomic mass is 9.77. The largest absolute Gasteiger partial charge is 0.506 e. The molecule has 1 saturated carbocycles. The molecule has 134 valence electrons. The molecule has 1 aromatic rings. The van der Waals surface area contributed by atoms with E-state index >= 15 is 0 Å². The highest BCUT2D eigenvalue weighted by Crippen LogP contribution is 2.54. The summed E-state index contributed by atoms with van der Waals surface area (Å²) in [6.07, 6.45) is -3.53. The lowest BCUT2D eigenvalue weighted by Gasteiger charge is -2.30. The van der Waals surface area contributed by atoms with Crippen LogP contribution in [0.25, 0.3) is 0 Å². The fourth-order valence-corrected chi connectivity index (χ4v) is 3.94. The third-order valence-electron chi connectivity index (χ3n) is 4.32. The van der Waals surface area contributed by atoms with E-state index in [4.69, 9.17) is 0 Å². The highest BCUT2D eigenvalue weighted by Gasteiger charge is 2.43. The van der Waals surface area contributed by atoms with E-state index in [1.165, 1.54) is 7.11 Å². The van der Waals surface area contributed by atoms with Crippen LogP contribution in [0.3, 0.4) is 0 Å². The smallest absolute Gasteiger partial charge is 0.420 e. The van der Waals surface area contributed by atoms with Gasteiger partial charge < -0.3 is 14.9 Å². The van der Waals surface area contributed by atoms with Crippen molar-refractivity contribution in [2.24, 2.45) is 5.92 Å². The average molecular weight is 476 g/mol. The Labute approximate surface area is 153 Å². The Morgan fingerprint density at radius 3 is 2.04 bits per heavy atom. The van der Waals surface area contributed by atoms with E-state index in [1.54, 1.807) is 0 Å². The first-order chi connectivity index (χ1) is 11.1. The van der Waals surface area contributed by atoms with Crippen LogP contribution in [-0.4, -0.2) is 23.3 Å². The number of alkyl halides is 3. The predicted octanol–water partition coefficient (Wildman–Crippen LogP) is 5.09. The third kappa shape index (κ3) is 3.51. The van der Waals surface area contributed by atoms with Gasteiger partial charge in [0.15, 0.2) is 0 Å². The molecule has 2 rings (SSSR count). The number of esters is 1. The van der Waals surface area contributed by atoms with Crippen molar-refractivity contribution in [3.63, 3.8) is 0 Å². The van der Waals surface area contributed by atoms with Gasteiger partial charge in [-0.25, -0.2) is 0 Å². The molecule has 0 aromatic heterocycles. The van der Waals surface area contributed by atoms with Crippen molar-refractivity contribution in [3.05, 3.63) is 20.1 Å². The molecule has 0 aliphatic heterocycles. The molecule has 0 bridgehead atoms. The quantitative estimate of drug-likeness (QED) is 0.462. The SMILES string of the molecule is COC(=O)C1CCC(c2c(O)c(Br)c(Br)c(O)c2C(F)(F)F)CC1. The summed E-state index contributed by atoms with van der Waals surface area (Å²) in [5, 5.41) is 20.2. The van der Waals surface area contributed by atoms with E-state index in [-0.39, 0.29) is 39.2 Å². The molecular weight excluding hydrogens is 461 g/mol. The van der Waals surface area contributed by atoms with Crippen molar-refractivity contribution in [1.82, 2.24) is 0 Å². The van der Waals surface area contributed by atoms with Crippen molar-refractivity contribution in [1.29, 1.82) is 0 Å². The molecule has 4 nitrogen and oxygen atoms in total. The number of ether oxygens (including phenoxy) is 1. The first kappa shape index (κ1) is 19.4. The number of phenolic OH excluding ortho intramolecular Hbond substituents is 2. The number of methoxy groups -OCH3 is 1. The minimum absolute atomic E-state index is 0.0295. The van der Waals surface area contributed by atoms with Crippen LogP contribution in [0.2, 0.25) is 0 Å². The molecule has 1 aliphatic rings. The Morgan fingerprint density at radius 1 is 1.08 bits per heavy atom. The molecule has 0 unspecified atom stereocenters. The molecule has 1 aliphatic carbocycles. The molecule has 0 amide bonds. The normalized spacial score (nSPS) is 21.6. The molecule has 24 heavy (non-hydrogen) atoms. The van der Waals surface area contributed by atoms with Crippen LogP contribution in [0.5, 0.6) is 11.5 Å². The van der Waals surface area contributed by atoms with Crippen molar-refractivity contribution in [2.75, 3.05) is 7.11 Å². The molecule has 1 fully saturated rings. The fraction of sp³-hybridized carbons (Fsp3) is 0.533. The second-order valence-electron chi connectivity index (χ2n) is 5.68. The summed E-state index contributed by atoms with van der Waals surface area (Å²) in [5.41, 5.74) is -1.57. The van der Waals surface area contributed by atoms with Gasteiger partial charge in [0.2, 0.25) is 0 Å². The maximum absolute atomic E-state index is 13.4. The number of carbonyl (C=O) groups is 1. The summed E-state index contributed by atoms with van der Waals surface area (Å²) in [7, 11) is 1.27. The number of carbonyl (C=O) groups excluding carboxylic acids is 1. The minimum atomic E-state index is -4.82. The molecule has 9 heteroatoms. The summed E-state index contributed by atoms with van der Waals surface area (Å²) >= 11 is 5.85. The van der Waals surface area contributed by atoms with Crippen LogP contribution in [0, 0.1) is 5.92 Å². The monoisotopic (exact) mass is 474 g/mol. The maximum Gasteiger partial charge on any atom is 0.420 e. The standard InChI is InChI=1S/C15H15Br2F3O4/c1-24-14(23)7-4-2-6(3-5-7)8-9(15(18,19)20)13(22)11(17)10(16)12(8)21/h6-7,21-22H,2-5H2,1H3. The van der Waals surface area contributed by atoms with E-state index in [0.717, 1.165) is 0 Å². The van der Waals surface area contributed by atoms with Gasteiger partial charge in [0, 0.05) is 5.56 Å². The number of rotatable bonds is 2. The second-order valence-corrected chi connectivity index (χ2v) is 7.27. The zero-order valence-corrected chi connectivity index (χ0v) is 15.8. The number of phenols is 2. The first-order valence-electron chi connectivity index (χ1n) is 7.17. The van der Waals surface area contributed by atoms with Crippen molar-refractivity contribution >= 4 is 37.8 Å². The molecular formula is C15H15Br2F3O4. The number of hydrogen-bond donors (Lipinski definition) is 2. The first-order valence-corrected chi connectivity index (χ1v) is 8.75. The fourth-order valence-electron chi connectivity index (χ4n) is 3.15. The van der Waals surface area contributed by atoms with Gasteiger partial charge in [0.25, 0.3) is 0 Å². The van der Waals surface area contributed by atoms with Gasteiger partial charge in [0.1, 0.15) is 17.1 Å². The Hall–Kier alpha value is -0.960. The van der Waals surface area contributed by atoms with Gasteiger partial charge in [0.05, 0.1) is 22.0 Å². The summed E-state index contributed by atoms with van der Waals surface area (Å²) in [5.74, 6) is -2.85. The summed E-state index contributed by atoms with van der Waals surface area (Å²) in [6, 6.07) is 0. The van der Waals surface area contributed by atoms with Crippen LogP contribution < -0.4 is 0 Å². The molecule has 0 spiro atoms. The van der Waals surface area contributed by atoms with Gasteiger partial charge in [-0.1, -0.05) is 0 Å². The van der Waals surface area contributed by atoms with Gasteiger partial charge in [-0.15, -0.1) is 0 Å². The van der Waals surface area contributed by atoms with Crippen LogP contribution >= 0.6 is 31.9 Å².